The first-order chi connectivity index (χ1) is 8.27. The first-order valence-corrected chi connectivity index (χ1v) is 5.70. The molecular formula is C13H19NO3. The summed E-state index contributed by atoms with van der Waals surface area (Å²) in [6.45, 7) is 4.13. The monoisotopic (exact) mass is 237 g/mol. The Morgan fingerprint density at radius 1 is 1.29 bits per heavy atom. The molecule has 0 saturated carbocycles. The quantitative estimate of drug-likeness (QED) is 0.730. The van der Waals surface area contributed by atoms with E-state index >= 15 is 0 Å². The van der Waals surface area contributed by atoms with Crippen LogP contribution >= 0.6 is 0 Å². The lowest BCUT2D eigenvalue weighted by Gasteiger charge is -2.10. The molecular weight excluding hydrogens is 218 g/mol. The number of carbonyl (C=O) groups excluding carboxylic acids is 1. The summed E-state index contributed by atoms with van der Waals surface area (Å²) < 4.78 is 9.95. The van der Waals surface area contributed by atoms with Crippen LogP contribution in [0.25, 0.3) is 0 Å². The van der Waals surface area contributed by atoms with Crippen molar-refractivity contribution in [2.75, 3.05) is 20.3 Å². The van der Waals surface area contributed by atoms with E-state index in [1.165, 1.54) is 7.11 Å². The van der Waals surface area contributed by atoms with Gasteiger partial charge in [0.1, 0.15) is 0 Å². The molecule has 17 heavy (non-hydrogen) atoms. The number of nitrogens with one attached hydrogen (secondary N) is 1. The Labute approximate surface area is 102 Å². The van der Waals surface area contributed by atoms with Gasteiger partial charge in [0.25, 0.3) is 0 Å². The Hall–Kier alpha value is -1.39. The van der Waals surface area contributed by atoms with Crippen LogP contribution in [-0.4, -0.2) is 26.2 Å². The van der Waals surface area contributed by atoms with Crippen LogP contribution in [0.2, 0.25) is 0 Å². The van der Waals surface area contributed by atoms with E-state index in [0.717, 1.165) is 11.1 Å². The van der Waals surface area contributed by atoms with Gasteiger partial charge in [-0.15, -0.1) is 0 Å². The van der Waals surface area contributed by atoms with Crippen LogP contribution in [0.3, 0.4) is 0 Å². The first-order valence-electron chi connectivity index (χ1n) is 5.70. The lowest BCUT2D eigenvalue weighted by Crippen LogP contribution is -2.23. The highest BCUT2D eigenvalue weighted by Crippen LogP contribution is 2.09. The van der Waals surface area contributed by atoms with Crippen molar-refractivity contribution < 1.29 is 14.3 Å². The standard InChI is InChI=1S/C13H19NO3/c1-3-17-10-12-7-5-4-6-11(12)8-14-9-13(15)16-2/h4-7,14H,3,8-10H2,1-2H3. The predicted octanol–water partition coefficient (Wildman–Crippen LogP) is 1.49. The van der Waals surface area contributed by atoms with E-state index in [1.807, 2.05) is 31.2 Å². The van der Waals surface area contributed by atoms with Gasteiger partial charge in [-0.05, 0) is 18.1 Å². The van der Waals surface area contributed by atoms with Crippen LogP contribution in [0.5, 0.6) is 0 Å². The fourth-order valence-corrected chi connectivity index (χ4v) is 1.45. The van der Waals surface area contributed by atoms with E-state index in [2.05, 4.69) is 10.1 Å². The van der Waals surface area contributed by atoms with Crippen LogP contribution in [-0.2, 0) is 27.4 Å². The first kappa shape index (κ1) is 13.7. The summed E-state index contributed by atoms with van der Waals surface area (Å²) in [5, 5.41) is 3.04. The Bertz CT molecular complexity index is 352. The number of benzene rings is 1. The molecule has 0 atom stereocenters. The fraction of sp³-hybridized carbons (Fsp3) is 0.462. The molecule has 0 aromatic heterocycles. The molecule has 1 rings (SSSR count). The summed E-state index contributed by atoms with van der Waals surface area (Å²) in [7, 11) is 1.38. The summed E-state index contributed by atoms with van der Waals surface area (Å²) >= 11 is 0. The Balaban J connectivity index is 2.48. The number of esters is 1. The largest absolute Gasteiger partial charge is 0.468 e. The molecule has 0 radical (unpaired) electrons. The molecule has 0 aliphatic rings. The fourth-order valence-electron chi connectivity index (χ4n) is 1.45. The van der Waals surface area contributed by atoms with Crippen molar-refractivity contribution >= 4 is 5.97 Å². The van der Waals surface area contributed by atoms with Gasteiger partial charge >= 0.3 is 5.97 Å². The minimum Gasteiger partial charge on any atom is -0.468 e. The van der Waals surface area contributed by atoms with Crippen molar-refractivity contribution in [1.29, 1.82) is 0 Å². The highest BCUT2D eigenvalue weighted by molar-refractivity contribution is 5.71. The maximum Gasteiger partial charge on any atom is 0.319 e. The summed E-state index contributed by atoms with van der Waals surface area (Å²) in [6.07, 6.45) is 0. The van der Waals surface area contributed by atoms with Crippen LogP contribution in [0, 0.1) is 0 Å². The van der Waals surface area contributed by atoms with Gasteiger partial charge < -0.3 is 14.8 Å². The SMILES string of the molecule is CCOCc1ccccc1CNCC(=O)OC. The van der Waals surface area contributed by atoms with Crippen molar-refractivity contribution in [3.63, 3.8) is 0 Å². The van der Waals surface area contributed by atoms with Crippen molar-refractivity contribution in [3.05, 3.63) is 35.4 Å². The Morgan fingerprint density at radius 3 is 2.65 bits per heavy atom. The van der Waals surface area contributed by atoms with Crippen molar-refractivity contribution in [3.8, 4) is 0 Å². The molecule has 1 aromatic carbocycles. The van der Waals surface area contributed by atoms with Crippen LogP contribution < -0.4 is 5.32 Å². The summed E-state index contributed by atoms with van der Waals surface area (Å²) in [4.78, 5) is 10.9. The molecule has 0 fully saturated rings. The maximum absolute atomic E-state index is 10.9. The van der Waals surface area contributed by atoms with Gasteiger partial charge in [-0.3, -0.25) is 4.79 Å². The number of methoxy groups -OCH3 is 1. The second kappa shape index (κ2) is 7.81. The van der Waals surface area contributed by atoms with E-state index in [9.17, 15) is 4.79 Å². The van der Waals surface area contributed by atoms with Crippen molar-refractivity contribution in [2.45, 2.75) is 20.1 Å². The second-order valence-electron chi connectivity index (χ2n) is 3.59. The average molecular weight is 237 g/mol. The molecule has 1 aromatic rings. The third-order valence-electron chi connectivity index (χ3n) is 2.39. The van der Waals surface area contributed by atoms with E-state index in [4.69, 9.17) is 4.74 Å². The average Bonchev–Trinajstić information content (AvgIpc) is 2.37. The number of hydrogen-bond donors (Lipinski definition) is 1. The minimum absolute atomic E-state index is 0.222. The van der Waals surface area contributed by atoms with Gasteiger partial charge in [-0.1, -0.05) is 24.3 Å². The molecule has 0 aliphatic heterocycles. The van der Waals surface area contributed by atoms with Crippen LogP contribution in [0.4, 0.5) is 0 Å². The third kappa shape index (κ3) is 4.97. The summed E-state index contributed by atoms with van der Waals surface area (Å²) in [5.41, 5.74) is 2.29. The summed E-state index contributed by atoms with van der Waals surface area (Å²) in [6, 6.07) is 8.02. The van der Waals surface area contributed by atoms with Gasteiger partial charge in [0.2, 0.25) is 0 Å². The molecule has 0 aliphatic carbocycles. The van der Waals surface area contributed by atoms with E-state index in [0.29, 0.717) is 19.8 Å². The number of ether oxygens (including phenoxy) is 2. The van der Waals surface area contributed by atoms with Gasteiger partial charge in [0.15, 0.2) is 0 Å². The number of hydrogen-bond acceptors (Lipinski definition) is 4. The Kier molecular flexibility index (Phi) is 6.29. The molecule has 0 heterocycles. The number of rotatable bonds is 7. The maximum atomic E-state index is 10.9. The van der Waals surface area contributed by atoms with E-state index in [-0.39, 0.29) is 12.5 Å². The van der Waals surface area contributed by atoms with Gasteiger partial charge in [0.05, 0.1) is 20.3 Å². The molecule has 0 amide bonds. The minimum atomic E-state index is -0.257. The number of carbonyl (C=O) groups is 1. The lowest BCUT2D eigenvalue weighted by atomic mass is 10.1. The van der Waals surface area contributed by atoms with Crippen LogP contribution in [0.15, 0.2) is 24.3 Å². The highest BCUT2D eigenvalue weighted by Gasteiger charge is 2.03. The smallest absolute Gasteiger partial charge is 0.319 e. The highest BCUT2D eigenvalue weighted by atomic mass is 16.5. The van der Waals surface area contributed by atoms with Gasteiger partial charge in [-0.2, -0.15) is 0 Å². The normalized spacial score (nSPS) is 10.2. The molecule has 0 unspecified atom stereocenters. The van der Waals surface area contributed by atoms with Gasteiger partial charge in [0, 0.05) is 13.2 Å². The third-order valence-corrected chi connectivity index (χ3v) is 2.39. The van der Waals surface area contributed by atoms with Crippen LogP contribution in [0.1, 0.15) is 18.1 Å². The molecule has 94 valence electrons. The van der Waals surface area contributed by atoms with E-state index in [1.54, 1.807) is 0 Å². The zero-order valence-corrected chi connectivity index (χ0v) is 10.4. The lowest BCUT2D eigenvalue weighted by molar-refractivity contribution is -0.139. The second-order valence-corrected chi connectivity index (χ2v) is 3.59. The van der Waals surface area contributed by atoms with E-state index < -0.39 is 0 Å². The molecule has 0 saturated heterocycles. The zero-order chi connectivity index (χ0) is 12.5. The summed E-state index contributed by atoms with van der Waals surface area (Å²) in [5.74, 6) is -0.257. The van der Waals surface area contributed by atoms with Crippen molar-refractivity contribution in [2.24, 2.45) is 0 Å². The topological polar surface area (TPSA) is 47.6 Å². The molecule has 0 bridgehead atoms. The molecule has 4 nitrogen and oxygen atoms in total. The molecule has 0 spiro atoms. The molecule has 4 heteroatoms. The van der Waals surface area contributed by atoms with Gasteiger partial charge in [-0.25, -0.2) is 0 Å². The predicted molar refractivity (Wildman–Crippen MR) is 65.5 cm³/mol. The van der Waals surface area contributed by atoms with Crippen molar-refractivity contribution in [1.82, 2.24) is 5.32 Å². The molecule has 1 N–H and O–H groups in total. The Morgan fingerprint density at radius 2 is 2.00 bits per heavy atom. The zero-order valence-electron chi connectivity index (χ0n) is 10.4.